The first-order valence-corrected chi connectivity index (χ1v) is 9.47. The summed E-state index contributed by atoms with van der Waals surface area (Å²) >= 11 is 0. The first-order valence-electron chi connectivity index (χ1n) is 9.47. The molecule has 6 nitrogen and oxygen atoms in total. The van der Waals surface area contributed by atoms with E-state index in [0.29, 0.717) is 24.1 Å². The summed E-state index contributed by atoms with van der Waals surface area (Å²) in [7, 11) is 0. The fourth-order valence-corrected chi connectivity index (χ4v) is 3.09. The normalized spacial score (nSPS) is 16.3. The van der Waals surface area contributed by atoms with E-state index in [1.807, 2.05) is 24.3 Å². The number of nitriles is 1. The van der Waals surface area contributed by atoms with Crippen molar-refractivity contribution in [1.29, 1.82) is 5.26 Å². The molecule has 0 amide bonds. The van der Waals surface area contributed by atoms with Crippen molar-refractivity contribution in [1.82, 2.24) is 15.5 Å². The standard InChI is InChI=1S/C20H31N5O.HI/c1-4-22-20(23-14-18-7-5-17(13-21)6-8-18)24-15-19(16(2)3)25-9-11-26-12-10-25;/h5-8,16,19H,4,9-12,14-15H2,1-3H3,(H2,22,23,24);1H. The number of benzene rings is 1. The Morgan fingerprint density at radius 1 is 1.22 bits per heavy atom. The summed E-state index contributed by atoms with van der Waals surface area (Å²) in [6.07, 6.45) is 0. The van der Waals surface area contributed by atoms with Gasteiger partial charge in [-0.1, -0.05) is 26.0 Å². The Balaban J connectivity index is 0.00000364. The van der Waals surface area contributed by atoms with Crippen molar-refractivity contribution in [2.75, 3.05) is 39.4 Å². The van der Waals surface area contributed by atoms with Crippen molar-refractivity contribution in [3.05, 3.63) is 35.4 Å². The molecule has 1 atom stereocenters. The van der Waals surface area contributed by atoms with Gasteiger partial charge in [0.05, 0.1) is 31.4 Å². The Hall–Kier alpha value is -1.37. The highest BCUT2D eigenvalue weighted by atomic mass is 127. The molecule has 1 saturated heterocycles. The summed E-state index contributed by atoms with van der Waals surface area (Å²) in [5, 5.41) is 15.7. The summed E-state index contributed by atoms with van der Waals surface area (Å²) in [6, 6.07) is 10.2. The van der Waals surface area contributed by atoms with Gasteiger partial charge in [0.15, 0.2) is 5.96 Å². The molecule has 1 aromatic carbocycles. The summed E-state index contributed by atoms with van der Waals surface area (Å²) in [4.78, 5) is 7.19. The molecule has 0 aromatic heterocycles. The Bertz CT molecular complexity index is 606. The highest BCUT2D eigenvalue weighted by Gasteiger charge is 2.23. The van der Waals surface area contributed by atoms with Crippen LogP contribution in [0.25, 0.3) is 0 Å². The summed E-state index contributed by atoms with van der Waals surface area (Å²) in [6.45, 7) is 12.5. The second kappa shape index (κ2) is 12.9. The second-order valence-electron chi connectivity index (χ2n) is 6.84. The quantitative estimate of drug-likeness (QED) is 0.353. The number of morpholine rings is 1. The molecule has 1 fully saturated rings. The molecule has 0 bridgehead atoms. The molecule has 0 radical (unpaired) electrons. The molecule has 1 heterocycles. The van der Waals surface area contributed by atoms with Crippen LogP contribution in [-0.4, -0.2) is 56.3 Å². The first-order chi connectivity index (χ1) is 12.6. The highest BCUT2D eigenvalue weighted by molar-refractivity contribution is 14.0. The van der Waals surface area contributed by atoms with Crippen LogP contribution in [0.3, 0.4) is 0 Å². The number of hydrogen-bond acceptors (Lipinski definition) is 4. The van der Waals surface area contributed by atoms with Crippen molar-refractivity contribution < 1.29 is 4.74 Å². The van der Waals surface area contributed by atoms with Gasteiger partial charge in [0, 0.05) is 32.2 Å². The number of aliphatic imine (C=N–C) groups is 1. The number of rotatable bonds is 7. The van der Waals surface area contributed by atoms with Crippen molar-refractivity contribution in [2.45, 2.75) is 33.4 Å². The van der Waals surface area contributed by atoms with E-state index >= 15 is 0 Å². The topological polar surface area (TPSA) is 72.7 Å². The Labute approximate surface area is 180 Å². The molecule has 0 saturated carbocycles. The van der Waals surface area contributed by atoms with Gasteiger partial charge in [0.25, 0.3) is 0 Å². The third kappa shape index (κ3) is 8.03. The molecule has 150 valence electrons. The van der Waals surface area contributed by atoms with Crippen molar-refractivity contribution in [3.8, 4) is 6.07 Å². The van der Waals surface area contributed by atoms with E-state index in [2.05, 4.69) is 47.4 Å². The van der Waals surface area contributed by atoms with Gasteiger partial charge in [-0.25, -0.2) is 4.99 Å². The van der Waals surface area contributed by atoms with Crippen LogP contribution in [0, 0.1) is 17.2 Å². The van der Waals surface area contributed by atoms with Crippen molar-refractivity contribution in [2.24, 2.45) is 10.9 Å². The van der Waals surface area contributed by atoms with Gasteiger partial charge in [-0.2, -0.15) is 5.26 Å². The average Bonchev–Trinajstić information content (AvgIpc) is 2.67. The number of guanidine groups is 1. The fraction of sp³-hybridized carbons (Fsp3) is 0.600. The van der Waals surface area contributed by atoms with Crippen LogP contribution in [0.5, 0.6) is 0 Å². The van der Waals surface area contributed by atoms with E-state index in [4.69, 9.17) is 10.00 Å². The van der Waals surface area contributed by atoms with Gasteiger partial charge >= 0.3 is 0 Å². The average molecular weight is 485 g/mol. The molecular formula is C20H32IN5O. The lowest BCUT2D eigenvalue weighted by molar-refractivity contribution is 0.00752. The third-order valence-electron chi connectivity index (χ3n) is 4.61. The predicted molar refractivity (Wildman–Crippen MR) is 120 cm³/mol. The van der Waals surface area contributed by atoms with E-state index in [-0.39, 0.29) is 24.0 Å². The minimum absolute atomic E-state index is 0. The summed E-state index contributed by atoms with van der Waals surface area (Å²) < 4.78 is 5.48. The van der Waals surface area contributed by atoms with Gasteiger partial charge < -0.3 is 15.4 Å². The van der Waals surface area contributed by atoms with Gasteiger partial charge in [0.2, 0.25) is 0 Å². The smallest absolute Gasteiger partial charge is 0.191 e. The molecule has 0 aliphatic carbocycles. The Morgan fingerprint density at radius 2 is 1.89 bits per heavy atom. The molecule has 2 rings (SSSR count). The van der Waals surface area contributed by atoms with Crippen LogP contribution < -0.4 is 10.6 Å². The van der Waals surface area contributed by atoms with Crippen LogP contribution in [0.1, 0.15) is 31.9 Å². The van der Waals surface area contributed by atoms with Crippen LogP contribution in [0.15, 0.2) is 29.3 Å². The zero-order valence-corrected chi connectivity index (χ0v) is 18.9. The van der Waals surface area contributed by atoms with E-state index in [1.165, 1.54) is 0 Å². The number of halogens is 1. The lowest BCUT2D eigenvalue weighted by Crippen LogP contribution is -2.52. The number of nitrogens with zero attached hydrogens (tertiary/aromatic N) is 3. The maximum absolute atomic E-state index is 8.88. The molecule has 1 unspecified atom stereocenters. The molecule has 0 spiro atoms. The van der Waals surface area contributed by atoms with E-state index in [0.717, 1.165) is 50.9 Å². The first kappa shape index (κ1) is 23.7. The van der Waals surface area contributed by atoms with Crippen LogP contribution in [0.4, 0.5) is 0 Å². The minimum atomic E-state index is 0. The van der Waals surface area contributed by atoms with Gasteiger partial charge in [-0.3, -0.25) is 4.90 Å². The summed E-state index contributed by atoms with van der Waals surface area (Å²) in [5.74, 6) is 1.39. The molecular weight excluding hydrogens is 453 g/mol. The Kier molecular flexibility index (Phi) is 11.3. The van der Waals surface area contributed by atoms with Crippen LogP contribution >= 0.6 is 24.0 Å². The van der Waals surface area contributed by atoms with Crippen LogP contribution in [-0.2, 0) is 11.3 Å². The number of hydrogen-bond donors (Lipinski definition) is 2. The molecule has 1 aliphatic rings. The Morgan fingerprint density at radius 3 is 2.44 bits per heavy atom. The third-order valence-corrected chi connectivity index (χ3v) is 4.61. The van der Waals surface area contributed by atoms with Gasteiger partial charge in [-0.15, -0.1) is 24.0 Å². The molecule has 2 N–H and O–H groups in total. The lowest BCUT2D eigenvalue weighted by Gasteiger charge is -2.37. The number of ether oxygens (including phenoxy) is 1. The SMILES string of the molecule is CCNC(=NCc1ccc(C#N)cc1)NCC(C(C)C)N1CCOCC1.I. The highest BCUT2D eigenvalue weighted by Crippen LogP contribution is 2.12. The minimum Gasteiger partial charge on any atom is -0.379 e. The monoisotopic (exact) mass is 485 g/mol. The van der Waals surface area contributed by atoms with E-state index in [9.17, 15) is 0 Å². The molecule has 1 aromatic rings. The molecule has 27 heavy (non-hydrogen) atoms. The lowest BCUT2D eigenvalue weighted by atomic mass is 10.0. The maximum Gasteiger partial charge on any atom is 0.191 e. The second-order valence-corrected chi connectivity index (χ2v) is 6.84. The van der Waals surface area contributed by atoms with E-state index < -0.39 is 0 Å². The van der Waals surface area contributed by atoms with Crippen molar-refractivity contribution >= 4 is 29.9 Å². The van der Waals surface area contributed by atoms with Gasteiger partial charge in [-0.05, 0) is 30.5 Å². The summed E-state index contributed by atoms with van der Waals surface area (Å²) in [5.41, 5.74) is 1.77. The van der Waals surface area contributed by atoms with E-state index in [1.54, 1.807) is 0 Å². The maximum atomic E-state index is 8.88. The van der Waals surface area contributed by atoms with Crippen LogP contribution in [0.2, 0.25) is 0 Å². The molecule has 7 heteroatoms. The zero-order chi connectivity index (χ0) is 18.8. The predicted octanol–water partition coefficient (Wildman–Crippen LogP) is 2.59. The van der Waals surface area contributed by atoms with Gasteiger partial charge in [0.1, 0.15) is 0 Å². The zero-order valence-electron chi connectivity index (χ0n) is 16.6. The van der Waals surface area contributed by atoms with Crippen molar-refractivity contribution in [3.63, 3.8) is 0 Å². The number of nitrogens with one attached hydrogen (secondary N) is 2. The molecule has 1 aliphatic heterocycles. The largest absolute Gasteiger partial charge is 0.379 e. The fourth-order valence-electron chi connectivity index (χ4n) is 3.09.